The molecule has 21 heavy (non-hydrogen) atoms. The lowest BCUT2D eigenvalue weighted by atomic mass is 10.1. The Balaban J connectivity index is 2.27. The molecule has 1 N–H and O–H groups in total. The van der Waals surface area contributed by atoms with Crippen molar-refractivity contribution in [3.8, 4) is 5.75 Å². The lowest BCUT2D eigenvalue weighted by molar-refractivity contribution is -0.134. The van der Waals surface area contributed by atoms with Crippen molar-refractivity contribution in [2.45, 2.75) is 58.3 Å². The van der Waals surface area contributed by atoms with E-state index in [9.17, 15) is 9.59 Å². The Morgan fingerprint density at radius 3 is 2.29 bits per heavy atom. The zero-order chi connectivity index (χ0) is 15.5. The van der Waals surface area contributed by atoms with Gasteiger partial charge < -0.3 is 9.84 Å². The fraction of sp³-hybridized carbons (Fsp3) is 0.529. The number of unbranched alkanes of at least 4 members (excludes halogenated alkanes) is 6. The maximum Gasteiger partial charge on any atom is 0.339 e. The first kappa shape index (κ1) is 17.2. The van der Waals surface area contributed by atoms with E-state index in [0.717, 1.165) is 19.3 Å². The summed E-state index contributed by atoms with van der Waals surface area (Å²) in [6.07, 6.45) is 8.25. The lowest BCUT2D eigenvalue weighted by Crippen LogP contribution is -2.10. The third-order valence-electron chi connectivity index (χ3n) is 3.33. The molecule has 0 saturated carbocycles. The number of carboxylic acid groups (broad SMARTS) is 1. The summed E-state index contributed by atoms with van der Waals surface area (Å²) < 4.78 is 5.13. The van der Waals surface area contributed by atoms with Gasteiger partial charge in [0.05, 0.1) is 0 Å². The fourth-order valence-corrected chi connectivity index (χ4v) is 2.13. The third-order valence-corrected chi connectivity index (χ3v) is 3.33. The SMILES string of the molecule is CCCCCCCCCC(=O)Oc1ccccc1C(=O)O. The van der Waals surface area contributed by atoms with E-state index in [1.165, 1.54) is 37.8 Å². The van der Waals surface area contributed by atoms with Gasteiger partial charge in [-0.05, 0) is 18.6 Å². The molecule has 0 aliphatic rings. The van der Waals surface area contributed by atoms with Crippen LogP contribution in [0, 0.1) is 0 Å². The van der Waals surface area contributed by atoms with Gasteiger partial charge in [-0.15, -0.1) is 0 Å². The fourth-order valence-electron chi connectivity index (χ4n) is 2.13. The van der Waals surface area contributed by atoms with Crippen LogP contribution in [0.3, 0.4) is 0 Å². The number of hydrogen-bond donors (Lipinski definition) is 1. The number of benzene rings is 1. The molecule has 0 aliphatic heterocycles. The number of esters is 1. The topological polar surface area (TPSA) is 63.6 Å². The second-order valence-corrected chi connectivity index (χ2v) is 5.15. The molecule has 4 heteroatoms. The Morgan fingerprint density at radius 1 is 1.00 bits per heavy atom. The summed E-state index contributed by atoms with van der Waals surface area (Å²) in [5.41, 5.74) is 0.0189. The minimum Gasteiger partial charge on any atom is -0.478 e. The maximum absolute atomic E-state index is 11.7. The van der Waals surface area contributed by atoms with Crippen LogP contribution in [0.15, 0.2) is 24.3 Å². The summed E-state index contributed by atoms with van der Waals surface area (Å²) in [5.74, 6) is -1.33. The highest BCUT2D eigenvalue weighted by Gasteiger charge is 2.13. The molecule has 4 nitrogen and oxygen atoms in total. The molecule has 1 rings (SSSR count). The monoisotopic (exact) mass is 292 g/mol. The van der Waals surface area contributed by atoms with Gasteiger partial charge in [0.1, 0.15) is 11.3 Å². The molecule has 1 aromatic carbocycles. The number of carbonyl (C=O) groups excluding carboxylic acids is 1. The normalized spacial score (nSPS) is 10.3. The van der Waals surface area contributed by atoms with Crippen LogP contribution < -0.4 is 4.74 Å². The largest absolute Gasteiger partial charge is 0.478 e. The molecule has 0 heterocycles. The summed E-state index contributed by atoms with van der Waals surface area (Å²) in [6.45, 7) is 2.19. The molecular weight excluding hydrogens is 268 g/mol. The molecule has 0 amide bonds. The van der Waals surface area contributed by atoms with Crippen molar-refractivity contribution in [1.29, 1.82) is 0 Å². The minimum atomic E-state index is -1.09. The summed E-state index contributed by atoms with van der Waals surface area (Å²) in [6, 6.07) is 6.20. The van der Waals surface area contributed by atoms with Crippen molar-refractivity contribution in [2.24, 2.45) is 0 Å². The van der Waals surface area contributed by atoms with Crippen LogP contribution in [0.2, 0.25) is 0 Å². The molecule has 0 unspecified atom stereocenters. The Bertz CT molecular complexity index is 454. The minimum absolute atomic E-state index is 0.0189. The molecule has 116 valence electrons. The number of ether oxygens (including phenoxy) is 1. The van der Waals surface area contributed by atoms with E-state index in [2.05, 4.69) is 6.92 Å². The van der Waals surface area contributed by atoms with E-state index >= 15 is 0 Å². The van der Waals surface area contributed by atoms with Gasteiger partial charge in [-0.1, -0.05) is 57.6 Å². The standard InChI is InChI=1S/C17H24O4/c1-2-3-4-5-6-7-8-13-16(18)21-15-12-10-9-11-14(15)17(19)20/h9-12H,2-8,13H2,1H3,(H,19,20). The van der Waals surface area contributed by atoms with Gasteiger partial charge in [0.25, 0.3) is 0 Å². The second kappa shape index (κ2) is 9.97. The van der Waals surface area contributed by atoms with Gasteiger partial charge in [0.15, 0.2) is 0 Å². The van der Waals surface area contributed by atoms with E-state index in [-0.39, 0.29) is 17.3 Å². The highest BCUT2D eigenvalue weighted by atomic mass is 16.5. The molecule has 0 atom stereocenters. The first-order chi connectivity index (χ1) is 10.1. The van der Waals surface area contributed by atoms with Gasteiger partial charge in [0, 0.05) is 6.42 Å². The van der Waals surface area contributed by atoms with Crippen LogP contribution in [0.5, 0.6) is 5.75 Å². The Hall–Kier alpha value is -1.84. The maximum atomic E-state index is 11.7. The van der Waals surface area contributed by atoms with Crippen LogP contribution in [-0.4, -0.2) is 17.0 Å². The highest BCUT2D eigenvalue weighted by Crippen LogP contribution is 2.19. The van der Waals surface area contributed by atoms with Crippen molar-refractivity contribution < 1.29 is 19.4 Å². The highest BCUT2D eigenvalue weighted by molar-refractivity contribution is 5.91. The van der Waals surface area contributed by atoms with Crippen LogP contribution in [0.4, 0.5) is 0 Å². The Labute approximate surface area is 126 Å². The number of para-hydroxylation sites is 1. The molecule has 0 saturated heterocycles. The van der Waals surface area contributed by atoms with E-state index in [1.807, 2.05) is 0 Å². The summed E-state index contributed by atoms with van der Waals surface area (Å²) in [5, 5.41) is 9.00. The molecule has 0 spiro atoms. The molecule has 0 radical (unpaired) electrons. The Kier molecular flexibility index (Phi) is 8.17. The first-order valence-corrected chi connectivity index (χ1v) is 7.68. The molecule has 0 aromatic heterocycles. The van der Waals surface area contributed by atoms with E-state index in [1.54, 1.807) is 12.1 Å². The van der Waals surface area contributed by atoms with Crippen molar-refractivity contribution in [1.82, 2.24) is 0 Å². The third kappa shape index (κ3) is 6.93. The van der Waals surface area contributed by atoms with Crippen LogP contribution in [-0.2, 0) is 4.79 Å². The van der Waals surface area contributed by atoms with Gasteiger partial charge in [0.2, 0.25) is 0 Å². The van der Waals surface area contributed by atoms with Gasteiger partial charge >= 0.3 is 11.9 Å². The van der Waals surface area contributed by atoms with E-state index < -0.39 is 5.97 Å². The number of rotatable bonds is 10. The van der Waals surface area contributed by atoms with Gasteiger partial charge in [-0.25, -0.2) is 4.79 Å². The second-order valence-electron chi connectivity index (χ2n) is 5.15. The molecule has 0 fully saturated rings. The number of carbonyl (C=O) groups is 2. The molecule has 1 aromatic rings. The van der Waals surface area contributed by atoms with Crippen molar-refractivity contribution >= 4 is 11.9 Å². The zero-order valence-corrected chi connectivity index (χ0v) is 12.6. The van der Waals surface area contributed by atoms with Crippen LogP contribution in [0.25, 0.3) is 0 Å². The summed E-state index contributed by atoms with van der Waals surface area (Å²) in [4.78, 5) is 22.7. The van der Waals surface area contributed by atoms with Crippen LogP contribution in [0.1, 0.15) is 68.6 Å². The average molecular weight is 292 g/mol. The number of aromatic carboxylic acids is 1. The molecule has 0 aliphatic carbocycles. The first-order valence-electron chi connectivity index (χ1n) is 7.68. The Morgan fingerprint density at radius 2 is 1.62 bits per heavy atom. The van der Waals surface area contributed by atoms with Crippen LogP contribution >= 0.6 is 0 Å². The van der Waals surface area contributed by atoms with Crippen molar-refractivity contribution in [2.75, 3.05) is 0 Å². The summed E-state index contributed by atoms with van der Waals surface area (Å²) >= 11 is 0. The zero-order valence-electron chi connectivity index (χ0n) is 12.6. The van der Waals surface area contributed by atoms with Crippen molar-refractivity contribution in [3.05, 3.63) is 29.8 Å². The number of hydrogen-bond acceptors (Lipinski definition) is 3. The quantitative estimate of drug-likeness (QED) is 0.393. The molecular formula is C17H24O4. The molecule has 0 bridgehead atoms. The number of carboxylic acids is 1. The summed E-state index contributed by atoms with van der Waals surface area (Å²) in [7, 11) is 0. The smallest absolute Gasteiger partial charge is 0.339 e. The van der Waals surface area contributed by atoms with E-state index in [4.69, 9.17) is 9.84 Å². The van der Waals surface area contributed by atoms with Crippen molar-refractivity contribution in [3.63, 3.8) is 0 Å². The average Bonchev–Trinajstić information content (AvgIpc) is 2.46. The van der Waals surface area contributed by atoms with Gasteiger partial charge in [-0.3, -0.25) is 4.79 Å². The predicted molar refractivity (Wildman–Crippen MR) is 81.6 cm³/mol. The van der Waals surface area contributed by atoms with Gasteiger partial charge in [-0.2, -0.15) is 0 Å². The lowest BCUT2D eigenvalue weighted by Gasteiger charge is -2.07. The van der Waals surface area contributed by atoms with E-state index in [0.29, 0.717) is 6.42 Å². The predicted octanol–water partition coefficient (Wildman–Crippen LogP) is 4.43.